The largest absolute Gasteiger partial charge is 0.463 e. The Labute approximate surface area is 214 Å². The van der Waals surface area contributed by atoms with Gasteiger partial charge in [0.1, 0.15) is 6.61 Å². The van der Waals surface area contributed by atoms with Gasteiger partial charge in [-0.3, -0.25) is 14.4 Å². The number of ether oxygens (including phenoxy) is 2. The summed E-state index contributed by atoms with van der Waals surface area (Å²) >= 11 is 0. The molecule has 1 aliphatic heterocycles. The average Bonchev–Trinajstić information content (AvgIpc) is 3.37. The van der Waals surface area contributed by atoms with Gasteiger partial charge in [0.2, 0.25) is 11.8 Å². The molecule has 0 bridgehead atoms. The normalized spacial score (nSPS) is 16.7. The highest BCUT2D eigenvalue weighted by Crippen LogP contribution is 2.21. The minimum absolute atomic E-state index is 0.0211. The van der Waals surface area contributed by atoms with Crippen molar-refractivity contribution >= 4 is 17.8 Å². The molecule has 1 aromatic rings. The Morgan fingerprint density at radius 1 is 1.17 bits per heavy atom. The molecule has 2 amide bonds. The van der Waals surface area contributed by atoms with E-state index < -0.39 is 12.0 Å². The summed E-state index contributed by atoms with van der Waals surface area (Å²) in [5, 5.41) is 12.4. The van der Waals surface area contributed by atoms with Crippen LogP contribution in [-0.4, -0.2) is 66.2 Å². The summed E-state index contributed by atoms with van der Waals surface area (Å²) in [4.78, 5) is 39.8. The predicted molar refractivity (Wildman–Crippen MR) is 138 cm³/mol. The van der Waals surface area contributed by atoms with Crippen molar-refractivity contribution in [1.29, 1.82) is 0 Å². The molecule has 0 saturated carbocycles. The molecule has 3 atom stereocenters. The smallest absolute Gasteiger partial charge is 0.305 e. The Hall–Kier alpha value is -2.97. The third-order valence-corrected chi connectivity index (χ3v) is 6.16. The molecule has 36 heavy (non-hydrogen) atoms. The molecule has 0 aromatic heterocycles. The third kappa shape index (κ3) is 10.3. The summed E-state index contributed by atoms with van der Waals surface area (Å²) in [5.74, 6) is -1.44. The first-order valence-corrected chi connectivity index (χ1v) is 12.7. The van der Waals surface area contributed by atoms with Crippen LogP contribution >= 0.6 is 0 Å². The molecular weight excluding hydrogens is 460 g/mol. The first kappa shape index (κ1) is 29.3. The fourth-order valence-electron chi connectivity index (χ4n) is 4.17. The fraction of sp³-hybridized carbons (Fsp3) is 0.536. The van der Waals surface area contributed by atoms with Crippen LogP contribution in [0.4, 0.5) is 0 Å². The quantitative estimate of drug-likeness (QED) is 0.193. The van der Waals surface area contributed by atoms with E-state index in [4.69, 9.17) is 9.47 Å². The van der Waals surface area contributed by atoms with Gasteiger partial charge in [0.05, 0.1) is 37.8 Å². The number of hydrogen-bond donors (Lipinski definition) is 2. The number of hydrogen-bond acceptors (Lipinski definition) is 6. The van der Waals surface area contributed by atoms with Crippen LogP contribution in [0.2, 0.25) is 0 Å². The summed E-state index contributed by atoms with van der Waals surface area (Å²) in [6.45, 7) is 8.36. The number of likely N-dealkylation sites (tertiary alicyclic amines) is 1. The highest BCUT2D eigenvalue weighted by molar-refractivity contribution is 5.86. The molecule has 1 aromatic carbocycles. The molecule has 1 aliphatic rings. The van der Waals surface area contributed by atoms with Gasteiger partial charge >= 0.3 is 5.97 Å². The lowest BCUT2D eigenvalue weighted by Crippen LogP contribution is -2.46. The number of benzene rings is 1. The number of esters is 1. The fourth-order valence-corrected chi connectivity index (χ4v) is 4.17. The molecule has 0 unspecified atom stereocenters. The number of carbonyl (C=O) groups excluding carboxylic acids is 3. The number of allylic oxidation sites excluding steroid dienone is 2. The summed E-state index contributed by atoms with van der Waals surface area (Å²) in [7, 11) is 0. The van der Waals surface area contributed by atoms with E-state index in [0.717, 1.165) is 24.8 Å². The van der Waals surface area contributed by atoms with E-state index in [-0.39, 0.29) is 56.5 Å². The second kappa shape index (κ2) is 16.7. The number of aliphatic hydroxyl groups is 1. The number of amides is 2. The van der Waals surface area contributed by atoms with Crippen molar-refractivity contribution < 1.29 is 29.0 Å². The van der Waals surface area contributed by atoms with E-state index in [1.807, 2.05) is 30.3 Å². The summed E-state index contributed by atoms with van der Waals surface area (Å²) in [5.41, 5.74) is 0.989. The van der Waals surface area contributed by atoms with Crippen molar-refractivity contribution in [3.63, 3.8) is 0 Å². The monoisotopic (exact) mass is 500 g/mol. The lowest BCUT2D eigenvalue weighted by molar-refractivity contribution is -0.146. The maximum Gasteiger partial charge on any atom is 0.305 e. The minimum Gasteiger partial charge on any atom is -0.463 e. The van der Waals surface area contributed by atoms with Gasteiger partial charge in [-0.05, 0) is 37.7 Å². The van der Waals surface area contributed by atoms with Crippen LogP contribution < -0.4 is 5.32 Å². The van der Waals surface area contributed by atoms with Gasteiger partial charge in [-0.2, -0.15) is 0 Å². The van der Waals surface area contributed by atoms with E-state index in [1.165, 1.54) is 0 Å². The molecule has 0 spiro atoms. The molecule has 2 N–H and O–H groups in total. The van der Waals surface area contributed by atoms with Crippen molar-refractivity contribution in [3.8, 4) is 0 Å². The molecule has 1 fully saturated rings. The molecule has 1 heterocycles. The van der Waals surface area contributed by atoms with Gasteiger partial charge in [0.25, 0.3) is 0 Å². The number of nitrogens with one attached hydrogen (secondary N) is 1. The van der Waals surface area contributed by atoms with Crippen LogP contribution in [0.25, 0.3) is 0 Å². The molecule has 1 saturated heterocycles. The van der Waals surface area contributed by atoms with E-state index >= 15 is 0 Å². The Morgan fingerprint density at radius 2 is 1.94 bits per heavy atom. The predicted octanol–water partition coefficient (Wildman–Crippen LogP) is 3.15. The zero-order valence-corrected chi connectivity index (χ0v) is 21.1. The lowest BCUT2D eigenvalue weighted by atomic mass is 9.98. The van der Waals surface area contributed by atoms with Crippen molar-refractivity contribution in [2.75, 3.05) is 26.4 Å². The maximum atomic E-state index is 13.1. The van der Waals surface area contributed by atoms with Crippen LogP contribution in [-0.2, 0) is 30.5 Å². The summed E-state index contributed by atoms with van der Waals surface area (Å²) in [6, 6.07) is 8.88. The van der Waals surface area contributed by atoms with Crippen LogP contribution in [0.15, 0.2) is 55.6 Å². The SMILES string of the molecule is C=CCCCC(=O)OC[C@H](COCc1ccccc1)NC(=O)[C@H](CC=C)CC(=O)N1CCC[C@H]1CO. The Morgan fingerprint density at radius 3 is 2.64 bits per heavy atom. The van der Waals surface area contributed by atoms with Gasteiger partial charge in [0.15, 0.2) is 0 Å². The second-order valence-corrected chi connectivity index (χ2v) is 9.06. The summed E-state index contributed by atoms with van der Waals surface area (Å²) in [6.07, 6.45) is 6.97. The first-order valence-electron chi connectivity index (χ1n) is 12.7. The van der Waals surface area contributed by atoms with Crippen molar-refractivity contribution in [3.05, 3.63) is 61.2 Å². The van der Waals surface area contributed by atoms with Crippen LogP contribution in [0.5, 0.6) is 0 Å². The topological polar surface area (TPSA) is 105 Å². The van der Waals surface area contributed by atoms with Gasteiger partial charge in [0, 0.05) is 19.4 Å². The highest BCUT2D eigenvalue weighted by Gasteiger charge is 2.31. The van der Waals surface area contributed by atoms with Crippen molar-refractivity contribution in [2.45, 2.75) is 63.6 Å². The standard InChI is InChI=1S/C28H40N2O6/c1-3-5-7-15-27(33)36-21-24(20-35-19-22-12-8-6-9-13-22)29-28(34)23(11-4-2)17-26(32)30-16-10-14-25(30)18-31/h3-4,6,8-9,12-13,23-25,31H,1-2,5,7,10-11,14-21H2,(H,29,34)/t23-,24+,25+/m1/s1. The first-order chi connectivity index (χ1) is 17.5. The minimum atomic E-state index is -0.616. The number of carbonyl (C=O) groups is 3. The molecule has 8 nitrogen and oxygen atoms in total. The average molecular weight is 501 g/mol. The molecule has 0 aliphatic carbocycles. The maximum absolute atomic E-state index is 13.1. The number of unbranched alkanes of at least 4 members (excludes halogenated alkanes) is 1. The zero-order chi connectivity index (χ0) is 26.2. The molecule has 0 radical (unpaired) electrons. The highest BCUT2D eigenvalue weighted by atomic mass is 16.5. The van der Waals surface area contributed by atoms with Gasteiger partial charge in [-0.1, -0.05) is 42.5 Å². The molecular formula is C28H40N2O6. The van der Waals surface area contributed by atoms with Crippen molar-refractivity contribution in [1.82, 2.24) is 10.2 Å². The third-order valence-electron chi connectivity index (χ3n) is 6.16. The van der Waals surface area contributed by atoms with Crippen molar-refractivity contribution in [2.24, 2.45) is 5.92 Å². The van der Waals surface area contributed by atoms with E-state index in [9.17, 15) is 19.5 Å². The molecule has 198 valence electrons. The zero-order valence-electron chi connectivity index (χ0n) is 21.1. The summed E-state index contributed by atoms with van der Waals surface area (Å²) < 4.78 is 11.2. The Kier molecular flexibility index (Phi) is 13.5. The van der Waals surface area contributed by atoms with Crippen LogP contribution in [0.1, 0.15) is 50.5 Å². The number of nitrogens with zero attached hydrogens (tertiary/aromatic N) is 1. The Bertz CT molecular complexity index is 844. The number of rotatable bonds is 17. The van der Waals surface area contributed by atoms with Crippen LogP contribution in [0, 0.1) is 5.92 Å². The molecule has 2 rings (SSSR count). The Balaban J connectivity index is 1.97. The second-order valence-electron chi connectivity index (χ2n) is 9.06. The number of aliphatic hydroxyl groups excluding tert-OH is 1. The van der Waals surface area contributed by atoms with Gasteiger partial charge in [-0.25, -0.2) is 0 Å². The lowest BCUT2D eigenvalue weighted by Gasteiger charge is -2.26. The van der Waals surface area contributed by atoms with Gasteiger partial charge < -0.3 is 24.8 Å². The van der Waals surface area contributed by atoms with E-state index in [2.05, 4.69) is 18.5 Å². The van der Waals surface area contributed by atoms with Gasteiger partial charge in [-0.15, -0.1) is 13.2 Å². The van der Waals surface area contributed by atoms with Crippen LogP contribution in [0.3, 0.4) is 0 Å². The van der Waals surface area contributed by atoms with E-state index in [0.29, 0.717) is 26.0 Å². The van der Waals surface area contributed by atoms with E-state index in [1.54, 1.807) is 17.1 Å². The molecule has 8 heteroatoms.